The third-order valence-electron chi connectivity index (χ3n) is 3.90. The Hall–Kier alpha value is -1.93. The molecule has 6 nitrogen and oxygen atoms in total. The lowest BCUT2D eigenvalue weighted by Gasteiger charge is -2.10. The van der Waals surface area contributed by atoms with Gasteiger partial charge in [-0.15, -0.1) is 5.10 Å². The monoisotopic (exact) mass is 470 g/mol. The first kappa shape index (κ1) is 21.8. The smallest absolute Gasteiger partial charge is 0.234 e. The standard InChI is InChI=1S/C19H17Cl3N4O2S/c1-10-3-5-14(21)18(17(10)22)24-16(27)9-29-19-23-15(25-26-19)8-28-12-4-6-13(20)11(2)7-12/h3-7H,8-9H2,1-2H3,(H,24,27)(H,23,25,26). The summed E-state index contributed by atoms with van der Waals surface area (Å²) in [6, 6.07) is 8.89. The molecule has 3 rings (SSSR count). The maximum atomic E-state index is 12.2. The second-order valence-electron chi connectivity index (χ2n) is 6.15. The normalized spacial score (nSPS) is 10.8. The highest BCUT2D eigenvalue weighted by atomic mass is 35.5. The summed E-state index contributed by atoms with van der Waals surface area (Å²) >= 11 is 19.5. The molecule has 3 aromatic rings. The van der Waals surface area contributed by atoms with E-state index in [1.807, 2.05) is 19.9 Å². The highest BCUT2D eigenvalue weighted by Gasteiger charge is 2.13. The first-order valence-electron chi connectivity index (χ1n) is 8.51. The van der Waals surface area contributed by atoms with Crippen LogP contribution in [0.5, 0.6) is 5.75 Å². The molecule has 0 spiro atoms. The van der Waals surface area contributed by atoms with Crippen molar-refractivity contribution in [2.24, 2.45) is 0 Å². The number of amides is 1. The predicted octanol–water partition coefficient (Wildman–Crippen LogP) is 5.69. The van der Waals surface area contributed by atoms with Crippen molar-refractivity contribution in [2.75, 3.05) is 11.1 Å². The van der Waals surface area contributed by atoms with Crippen LogP contribution in [0.15, 0.2) is 35.5 Å². The van der Waals surface area contributed by atoms with E-state index in [1.54, 1.807) is 24.3 Å². The van der Waals surface area contributed by atoms with Crippen LogP contribution in [0, 0.1) is 13.8 Å². The number of carbonyl (C=O) groups excluding carboxylic acids is 1. The minimum atomic E-state index is -0.261. The van der Waals surface area contributed by atoms with Crippen LogP contribution in [0.3, 0.4) is 0 Å². The molecule has 1 heterocycles. The summed E-state index contributed by atoms with van der Waals surface area (Å²) in [4.78, 5) is 16.5. The number of halogens is 3. The van der Waals surface area contributed by atoms with Crippen molar-refractivity contribution < 1.29 is 9.53 Å². The zero-order chi connectivity index (χ0) is 21.0. The quantitative estimate of drug-likeness (QED) is 0.433. The van der Waals surface area contributed by atoms with E-state index in [2.05, 4.69) is 20.5 Å². The van der Waals surface area contributed by atoms with Crippen molar-refractivity contribution in [3.8, 4) is 5.75 Å². The van der Waals surface area contributed by atoms with Crippen LogP contribution in [0.4, 0.5) is 5.69 Å². The van der Waals surface area contributed by atoms with Crippen LogP contribution in [-0.2, 0) is 11.4 Å². The number of rotatable bonds is 7. The van der Waals surface area contributed by atoms with E-state index in [0.29, 0.717) is 37.5 Å². The van der Waals surface area contributed by atoms with Gasteiger partial charge in [0.1, 0.15) is 12.4 Å². The third-order valence-corrected chi connectivity index (χ3v) is 5.97. The topological polar surface area (TPSA) is 79.9 Å². The number of aromatic amines is 1. The van der Waals surface area contributed by atoms with E-state index in [9.17, 15) is 4.79 Å². The van der Waals surface area contributed by atoms with Gasteiger partial charge in [0, 0.05) is 5.02 Å². The first-order valence-corrected chi connectivity index (χ1v) is 10.6. The average molecular weight is 472 g/mol. The number of anilines is 1. The maximum Gasteiger partial charge on any atom is 0.234 e. The number of aromatic nitrogens is 3. The van der Waals surface area contributed by atoms with E-state index < -0.39 is 0 Å². The van der Waals surface area contributed by atoms with Crippen molar-refractivity contribution in [1.82, 2.24) is 15.2 Å². The zero-order valence-electron chi connectivity index (χ0n) is 15.6. The number of benzene rings is 2. The summed E-state index contributed by atoms with van der Waals surface area (Å²) in [5.41, 5.74) is 2.16. The molecular formula is C19H17Cl3N4O2S. The van der Waals surface area contributed by atoms with Gasteiger partial charge < -0.3 is 10.1 Å². The molecule has 29 heavy (non-hydrogen) atoms. The second kappa shape index (κ2) is 9.71. The van der Waals surface area contributed by atoms with Crippen molar-refractivity contribution in [2.45, 2.75) is 25.6 Å². The molecule has 2 aromatic carbocycles. The zero-order valence-corrected chi connectivity index (χ0v) is 18.6. The Balaban J connectivity index is 1.52. The van der Waals surface area contributed by atoms with Gasteiger partial charge in [-0.2, -0.15) is 0 Å². The molecule has 0 fully saturated rings. The van der Waals surface area contributed by atoms with E-state index in [4.69, 9.17) is 39.5 Å². The van der Waals surface area contributed by atoms with E-state index in [1.165, 1.54) is 11.8 Å². The molecule has 152 valence electrons. The summed E-state index contributed by atoms with van der Waals surface area (Å²) in [7, 11) is 0. The lowest BCUT2D eigenvalue weighted by molar-refractivity contribution is -0.113. The fraction of sp³-hybridized carbons (Fsp3) is 0.211. The van der Waals surface area contributed by atoms with Gasteiger partial charge in [-0.1, -0.05) is 52.6 Å². The third kappa shape index (κ3) is 5.79. The molecule has 0 saturated heterocycles. The van der Waals surface area contributed by atoms with Crippen molar-refractivity contribution in [1.29, 1.82) is 0 Å². The Bertz CT molecular complexity index is 1040. The minimum absolute atomic E-state index is 0.106. The number of hydrogen-bond acceptors (Lipinski definition) is 5. The van der Waals surface area contributed by atoms with Gasteiger partial charge in [-0.25, -0.2) is 4.98 Å². The molecule has 0 radical (unpaired) electrons. The summed E-state index contributed by atoms with van der Waals surface area (Å²) in [5, 5.41) is 11.5. The van der Waals surface area contributed by atoms with Crippen molar-refractivity contribution in [3.05, 3.63) is 62.4 Å². The number of aryl methyl sites for hydroxylation is 2. The maximum absolute atomic E-state index is 12.2. The van der Waals surface area contributed by atoms with Gasteiger partial charge >= 0.3 is 0 Å². The van der Waals surface area contributed by atoms with Gasteiger partial charge in [-0.3, -0.25) is 9.89 Å². The first-order chi connectivity index (χ1) is 13.8. The Morgan fingerprint density at radius 2 is 1.90 bits per heavy atom. The number of ether oxygens (including phenoxy) is 1. The average Bonchev–Trinajstić information content (AvgIpc) is 3.15. The molecule has 0 bridgehead atoms. The molecule has 0 atom stereocenters. The molecule has 0 unspecified atom stereocenters. The molecule has 10 heteroatoms. The molecule has 0 aliphatic carbocycles. The Morgan fingerprint density at radius 3 is 2.66 bits per heavy atom. The van der Waals surface area contributed by atoms with E-state index >= 15 is 0 Å². The largest absolute Gasteiger partial charge is 0.486 e. The van der Waals surface area contributed by atoms with Crippen LogP contribution in [0.1, 0.15) is 17.0 Å². The molecule has 0 aliphatic rings. The van der Waals surface area contributed by atoms with Gasteiger partial charge in [0.05, 0.1) is 21.5 Å². The van der Waals surface area contributed by atoms with Gasteiger partial charge in [0.25, 0.3) is 0 Å². The lowest BCUT2D eigenvalue weighted by Crippen LogP contribution is -2.15. The minimum Gasteiger partial charge on any atom is -0.486 e. The number of H-pyrrole nitrogens is 1. The summed E-state index contributed by atoms with van der Waals surface area (Å²) in [6.07, 6.45) is 0. The Kier molecular flexibility index (Phi) is 7.29. The highest BCUT2D eigenvalue weighted by Crippen LogP contribution is 2.33. The van der Waals surface area contributed by atoms with Crippen LogP contribution >= 0.6 is 46.6 Å². The van der Waals surface area contributed by atoms with Crippen LogP contribution < -0.4 is 10.1 Å². The van der Waals surface area contributed by atoms with Gasteiger partial charge in [0.15, 0.2) is 5.82 Å². The van der Waals surface area contributed by atoms with E-state index in [-0.39, 0.29) is 18.3 Å². The van der Waals surface area contributed by atoms with E-state index in [0.717, 1.165) is 11.1 Å². The highest BCUT2D eigenvalue weighted by molar-refractivity contribution is 7.99. The van der Waals surface area contributed by atoms with Gasteiger partial charge in [-0.05, 0) is 49.2 Å². The molecule has 2 N–H and O–H groups in total. The molecule has 0 saturated carbocycles. The predicted molar refractivity (Wildman–Crippen MR) is 117 cm³/mol. The number of thioether (sulfide) groups is 1. The fourth-order valence-electron chi connectivity index (χ4n) is 2.34. The lowest BCUT2D eigenvalue weighted by atomic mass is 10.2. The number of nitrogens with zero attached hydrogens (tertiary/aromatic N) is 2. The summed E-state index contributed by atoms with van der Waals surface area (Å²) in [6.45, 7) is 3.96. The van der Waals surface area contributed by atoms with Crippen molar-refractivity contribution >= 4 is 58.2 Å². The van der Waals surface area contributed by atoms with Gasteiger partial charge in [0.2, 0.25) is 11.1 Å². The molecule has 1 aromatic heterocycles. The fourth-order valence-corrected chi connectivity index (χ4v) is 3.54. The van der Waals surface area contributed by atoms with Crippen LogP contribution in [-0.4, -0.2) is 26.8 Å². The molecule has 1 amide bonds. The molecular weight excluding hydrogens is 455 g/mol. The SMILES string of the molecule is Cc1cc(OCc2nc(SCC(=O)Nc3c(Cl)ccc(C)c3Cl)n[nH]2)ccc1Cl. The second-order valence-corrected chi connectivity index (χ2v) is 8.29. The number of hydrogen-bond donors (Lipinski definition) is 2. The Morgan fingerprint density at radius 1 is 1.14 bits per heavy atom. The van der Waals surface area contributed by atoms with Crippen molar-refractivity contribution in [3.63, 3.8) is 0 Å². The number of nitrogens with one attached hydrogen (secondary N) is 2. The van der Waals surface area contributed by atoms with Crippen LogP contribution in [0.2, 0.25) is 15.1 Å². The molecule has 0 aliphatic heterocycles. The summed E-state index contributed by atoms with van der Waals surface area (Å²) < 4.78 is 5.67. The Labute approximate surface area is 187 Å². The van der Waals surface area contributed by atoms with Crippen LogP contribution in [0.25, 0.3) is 0 Å². The number of carbonyl (C=O) groups is 1. The summed E-state index contributed by atoms with van der Waals surface area (Å²) in [5.74, 6) is 1.08.